The summed E-state index contributed by atoms with van der Waals surface area (Å²) in [6.45, 7) is 4.78. The second-order valence-corrected chi connectivity index (χ2v) is 14.0. The van der Waals surface area contributed by atoms with Crippen molar-refractivity contribution in [1.82, 2.24) is 0 Å². The quantitative estimate of drug-likeness (QED) is 0.172. The Morgan fingerprint density at radius 3 is 1.51 bits per heavy atom. The maximum atomic E-state index is 2.47. The van der Waals surface area contributed by atoms with Crippen LogP contribution < -0.4 is 0 Å². The van der Waals surface area contributed by atoms with Gasteiger partial charge in [0.15, 0.2) is 0 Å². The summed E-state index contributed by atoms with van der Waals surface area (Å²) in [4.78, 5) is 0. The smallest absolute Gasteiger partial charge is 0.0165 e. The molecule has 0 aliphatic heterocycles. The second kappa shape index (κ2) is 10.5. The molecule has 9 aromatic rings. The van der Waals surface area contributed by atoms with Crippen molar-refractivity contribution in [2.45, 2.75) is 19.3 Å². The Labute approximate surface area is 286 Å². The maximum Gasteiger partial charge on any atom is 0.0165 e. The molecule has 49 heavy (non-hydrogen) atoms. The molecule has 0 fully saturated rings. The monoisotopic (exact) mass is 622 g/mol. The highest BCUT2D eigenvalue weighted by Crippen LogP contribution is 2.53. The van der Waals surface area contributed by atoms with Crippen molar-refractivity contribution in [2.24, 2.45) is 0 Å². The minimum absolute atomic E-state index is 0.111. The summed E-state index contributed by atoms with van der Waals surface area (Å²) in [7, 11) is 0. The Morgan fingerprint density at radius 1 is 0.327 bits per heavy atom. The third-order valence-electron chi connectivity index (χ3n) is 11.0. The molecule has 0 unspecified atom stereocenters. The van der Waals surface area contributed by atoms with E-state index in [0.29, 0.717) is 0 Å². The first-order valence-corrected chi connectivity index (χ1v) is 17.3. The zero-order valence-corrected chi connectivity index (χ0v) is 27.7. The molecule has 0 spiro atoms. The fourth-order valence-electron chi connectivity index (χ4n) is 8.85. The molecule has 0 amide bonds. The van der Waals surface area contributed by atoms with Crippen LogP contribution in [0.3, 0.4) is 0 Å². The molecule has 0 aromatic heterocycles. The van der Waals surface area contributed by atoms with Gasteiger partial charge in [-0.15, -0.1) is 0 Å². The summed E-state index contributed by atoms with van der Waals surface area (Å²) in [6.07, 6.45) is 0. The van der Waals surface area contributed by atoms with Gasteiger partial charge in [0.25, 0.3) is 0 Å². The van der Waals surface area contributed by atoms with Crippen LogP contribution in [0.4, 0.5) is 0 Å². The van der Waals surface area contributed by atoms with Gasteiger partial charge < -0.3 is 0 Å². The molecule has 0 radical (unpaired) electrons. The molecule has 230 valence electrons. The van der Waals surface area contributed by atoms with Crippen molar-refractivity contribution >= 4 is 43.1 Å². The molecule has 1 aliphatic rings. The molecule has 0 bridgehead atoms. The molecule has 10 rings (SSSR count). The number of benzene rings is 9. The first-order valence-electron chi connectivity index (χ1n) is 17.3. The molecule has 0 nitrogen and oxygen atoms in total. The average molecular weight is 623 g/mol. The van der Waals surface area contributed by atoms with Crippen LogP contribution in [0, 0.1) is 0 Å². The van der Waals surface area contributed by atoms with Crippen molar-refractivity contribution in [3.8, 4) is 44.5 Å². The largest absolute Gasteiger partial charge is 0.0619 e. The topological polar surface area (TPSA) is 0 Å². The molecule has 0 atom stereocenters. The maximum absolute atomic E-state index is 2.47. The molecule has 0 saturated heterocycles. The Bertz CT molecular complexity index is 2740. The average Bonchev–Trinajstić information content (AvgIpc) is 3.39. The van der Waals surface area contributed by atoms with E-state index < -0.39 is 0 Å². The Balaban J connectivity index is 1.29. The number of hydrogen-bond acceptors (Lipinski definition) is 0. The highest BCUT2D eigenvalue weighted by Gasteiger charge is 2.37. The van der Waals surface area contributed by atoms with Crippen LogP contribution in [0.1, 0.15) is 25.0 Å². The van der Waals surface area contributed by atoms with E-state index in [2.05, 4.69) is 184 Å². The SMILES string of the molecule is CC1(C)c2ccccc2-c2cccc(-c3cc(-c4c5ccccc5c(-c5ccc6ccccc6c5)c5ccccc45)cc4ccccc34)c21. The first-order chi connectivity index (χ1) is 24.1. The summed E-state index contributed by atoms with van der Waals surface area (Å²) in [6, 6.07) is 63.2. The van der Waals surface area contributed by atoms with Gasteiger partial charge in [0.1, 0.15) is 0 Å². The standard InChI is InChI=1S/C49H34/c1-49(2)45-25-12-11-18-37(45)42-23-13-24-43(48(42)49)44-30-35(29-33-16-5-6-17-36(33)44)47-40-21-9-7-19-38(40)46(39-20-8-10-22-41(39)47)34-27-26-31-14-3-4-15-32(31)28-34/h3-30H,1-2H3. The van der Waals surface area contributed by atoms with Crippen LogP contribution in [0.2, 0.25) is 0 Å². The third kappa shape index (κ3) is 4.11. The van der Waals surface area contributed by atoms with E-state index in [9.17, 15) is 0 Å². The first kappa shape index (κ1) is 28.1. The van der Waals surface area contributed by atoms with Gasteiger partial charge in [-0.1, -0.05) is 166 Å². The third-order valence-corrected chi connectivity index (χ3v) is 11.0. The second-order valence-electron chi connectivity index (χ2n) is 14.0. The van der Waals surface area contributed by atoms with Crippen molar-refractivity contribution < 1.29 is 0 Å². The predicted molar refractivity (Wildman–Crippen MR) is 210 cm³/mol. The Morgan fingerprint density at radius 2 is 0.816 bits per heavy atom. The van der Waals surface area contributed by atoms with Gasteiger partial charge in [-0.2, -0.15) is 0 Å². The normalized spacial score (nSPS) is 13.3. The van der Waals surface area contributed by atoms with Crippen molar-refractivity contribution in [1.29, 1.82) is 0 Å². The number of rotatable bonds is 3. The Kier molecular flexibility index (Phi) is 6.02. The molecule has 0 N–H and O–H groups in total. The van der Waals surface area contributed by atoms with Crippen LogP contribution in [0.25, 0.3) is 87.6 Å². The summed E-state index contributed by atoms with van der Waals surface area (Å²) < 4.78 is 0. The van der Waals surface area contributed by atoms with Crippen LogP contribution in [-0.2, 0) is 5.41 Å². The van der Waals surface area contributed by atoms with Gasteiger partial charge in [0, 0.05) is 5.41 Å². The van der Waals surface area contributed by atoms with E-state index in [1.807, 2.05) is 0 Å². The van der Waals surface area contributed by atoms with Gasteiger partial charge in [-0.3, -0.25) is 0 Å². The lowest BCUT2D eigenvalue weighted by atomic mass is 9.77. The van der Waals surface area contributed by atoms with Crippen LogP contribution in [0.5, 0.6) is 0 Å². The zero-order chi connectivity index (χ0) is 32.7. The number of fused-ring (bicyclic) bond motifs is 7. The lowest BCUT2D eigenvalue weighted by Crippen LogP contribution is -2.16. The van der Waals surface area contributed by atoms with Crippen molar-refractivity contribution in [3.63, 3.8) is 0 Å². The molecular formula is C49H34. The summed E-state index contributed by atoms with van der Waals surface area (Å²) in [5, 5.41) is 10.2. The van der Waals surface area contributed by atoms with Gasteiger partial charge in [-0.25, -0.2) is 0 Å². The van der Waals surface area contributed by atoms with E-state index in [1.54, 1.807) is 0 Å². The van der Waals surface area contributed by atoms with E-state index in [1.165, 1.54) is 98.7 Å². The molecule has 0 saturated carbocycles. The molecule has 9 aromatic carbocycles. The highest BCUT2D eigenvalue weighted by atomic mass is 14.4. The van der Waals surface area contributed by atoms with Crippen LogP contribution in [-0.4, -0.2) is 0 Å². The summed E-state index contributed by atoms with van der Waals surface area (Å²) in [5.74, 6) is 0. The minimum Gasteiger partial charge on any atom is -0.0619 e. The number of hydrogen-bond donors (Lipinski definition) is 0. The molecule has 0 heterocycles. The Hall–Kier alpha value is -5.98. The van der Waals surface area contributed by atoms with E-state index in [-0.39, 0.29) is 5.41 Å². The van der Waals surface area contributed by atoms with E-state index >= 15 is 0 Å². The van der Waals surface area contributed by atoms with Crippen molar-refractivity contribution in [3.05, 3.63) is 181 Å². The summed E-state index contributed by atoms with van der Waals surface area (Å²) in [5.41, 5.74) is 13.1. The van der Waals surface area contributed by atoms with Gasteiger partial charge >= 0.3 is 0 Å². The highest BCUT2D eigenvalue weighted by molar-refractivity contribution is 6.22. The van der Waals surface area contributed by atoms with Gasteiger partial charge in [0.05, 0.1) is 0 Å². The van der Waals surface area contributed by atoms with Crippen molar-refractivity contribution in [2.75, 3.05) is 0 Å². The fraction of sp³-hybridized carbons (Fsp3) is 0.0612. The molecular weight excluding hydrogens is 589 g/mol. The zero-order valence-electron chi connectivity index (χ0n) is 27.7. The predicted octanol–water partition coefficient (Wildman–Crippen LogP) is 13.6. The fourth-order valence-corrected chi connectivity index (χ4v) is 8.85. The minimum atomic E-state index is -0.111. The van der Waals surface area contributed by atoms with Crippen LogP contribution >= 0.6 is 0 Å². The van der Waals surface area contributed by atoms with E-state index in [0.717, 1.165) is 0 Å². The van der Waals surface area contributed by atoms with Gasteiger partial charge in [0.2, 0.25) is 0 Å². The van der Waals surface area contributed by atoms with Gasteiger partial charge in [-0.05, 0) is 117 Å². The molecule has 0 heteroatoms. The molecule has 1 aliphatic carbocycles. The lowest BCUT2D eigenvalue weighted by molar-refractivity contribution is 0.662. The summed E-state index contributed by atoms with van der Waals surface area (Å²) >= 11 is 0. The lowest BCUT2D eigenvalue weighted by Gasteiger charge is -2.25. The van der Waals surface area contributed by atoms with Crippen LogP contribution in [0.15, 0.2) is 170 Å². The van der Waals surface area contributed by atoms with E-state index in [4.69, 9.17) is 0 Å².